The summed E-state index contributed by atoms with van der Waals surface area (Å²) in [4.78, 5) is 11.8. The first kappa shape index (κ1) is 14.9. The van der Waals surface area contributed by atoms with Gasteiger partial charge in [-0.15, -0.1) is 0 Å². The van der Waals surface area contributed by atoms with Gasteiger partial charge in [0.25, 0.3) is 0 Å². The molecule has 1 atom stereocenters. The molecule has 1 aromatic rings. The summed E-state index contributed by atoms with van der Waals surface area (Å²) in [5, 5.41) is 2.82. The van der Waals surface area contributed by atoms with Crippen LogP contribution < -0.4 is 11.1 Å². The highest BCUT2D eigenvalue weighted by molar-refractivity contribution is 14.1. The topological polar surface area (TPSA) is 55.1 Å². The number of halogens is 2. The Morgan fingerprint density at radius 1 is 1.53 bits per heavy atom. The Morgan fingerprint density at radius 2 is 2.18 bits per heavy atom. The Balaban J connectivity index is 2.64. The Kier molecular flexibility index (Phi) is 5.88. The van der Waals surface area contributed by atoms with E-state index < -0.39 is 6.04 Å². The molecule has 0 aromatic heterocycles. The molecule has 0 spiro atoms. The van der Waals surface area contributed by atoms with Crippen LogP contribution >= 0.6 is 38.5 Å². The van der Waals surface area contributed by atoms with Gasteiger partial charge in [-0.05, 0) is 69.1 Å². The highest BCUT2D eigenvalue weighted by atomic mass is 127. The van der Waals surface area contributed by atoms with E-state index in [1.54, 1.807) is 0 Å². The molecular formula is C12H16BrIN2O. The SMILES string of the molecule is CC(C)C[C@@H](N)C(=O)Nc1ccc(I)c(Br)c1. The fraction of sp³-hybridized carbons (Fsp3) is 0.417. The fourth-order valence-electron chi connectivity index (χ4n) is 1.42. The molecule has 0 aliphatic heterocycles. The van der Waals surface area contributed by atoms with Crippen LogP contribution in [0.3, 0.4) is 0 Å². The molecule has 17 heavy (non-hydrogen) atoms. The first-order valence-corrected chi connectivity index (χ1v) is 7.29. The maximum atomic E-state index is 11.8. The van der Waals surface area contributed by atoms with Gasteiger partial charge in [-0.2, -0.15) is 0 Å². The van der Waals surface area contributed by atoms with Crippen LogP contribution in [0.5, 0.6) is 0 Å². The number of hydrogen-bond donors (Lipinski definition) is 2. The van der Waals surface area contributed by atoms with Crippen molar-refractivity contribution in [1.29, 1.82) is 0 Å². The van der Waals surface area contributed by atoms with Crippen molar-refractivity contribution in [2.24, 2.45) is 11.7 Å². The molecule has 0 radical (unpaired) electrons. The number of benzene rings is 1. The van der Waals surface area contributed by atoms with E-state index in [1.807, 2.05) is 18.2 Å². The summed E-state index contributed by atoms with van der Waals surface area (Å²) in [5.41, 5.74) is 6.57. The average Bonchev–Trinajstić information content (AvgIpc) is 2.22. The Morgan fingerprint density at radius 3 is 2.71 bits per heavy atom. The highest BCUT2D eigenvalue weighted by Crippen LogP contribution is 2.23. The summed E-state index contributed by atoms with van der Waals surface area (Å²) in [6, 6.07) is 5.23. The van der Waals surface area contributed by atoms with Crippen LogP contribution in [-0.4, -0.2) is 11.9 Å². The van der Waals surface area contributed by atoms with Crippen molar-refractivity contribution < 1.29 is 4.79 Å². The molecule has 1 rings (SSSR count). The summed E-state index contributed by atoms with van der Waals surface area (Å²) in [7, 11) is 0. The predicted octanol–water partition coefficient (Wildman–Crippen LogP) is 3.37. The molecule has 0 saturated carbocycles. The molecule has 0 fully saturated rings. The number of carbonyl (C=O) groups is 1. The molecule has 3 nitrogen and oxygen atoms in total. The Hall–Kier alpha value is -0.140. The van der Waals surface area contributed by atoms with Crippen molar-refractivity contribution in [3.8, 4) is 0 Å². The normalized spacial score (nSPS) is 12.6. The highest BCUT2D eigenvalue weighted by Gasteiger charge is 2.15. The predicted molar refractivity (Wildman–Crippen MR) is 82.9 cm³/mol. The van der Waals surface area contributed by atoms with E-state index in [-0.39, 0.29) is 5.91 Å². The first-order valence-electron chi connectivity index (χ1n) is 5.41. The molecule has 0 unspecified atom stereocenters. The summed E-state index contributed by atoms with van der Waals surface area (Å²) in [5.74, 6) is 0.283. The van der Waals surface area contributed by atoms with Crippen LogP contribution in [0, 0.1) is 9.49 Å². The molecule has 0 aliphatic carbocycles. The molecule has 94 valence electrons. The van der Waals surface area contributed by atoms with Crippen molar-refractivity contribution in [2.75, 3.05) is 5.32 Å². The van der Waals surface area contributed by atoms with Crippen LogP contribution in [0.4, 0.5) is 5.69 Å². The minimum Gasteiger partial charge on any atom is -0.325 e. The largest absolute Gasteiger partial charge is 0.325 e. The second-order valence-corrected chi connectivity index (χ2v) is 6.37. The number of anilines is 1. The van der Waals surface area contributed by atoms with Crippen LogP contribution in [0.1, 0.15) is 20.3 Å². The second kappa shape index (κ2) is 6.70. The number of amides is 1. The van der Waals surface area contributed by atoms with Gasteiger partial charge in [0, 0.05) is 13.7 Å². The molecule has 0 aliphatic rings. The van der Waals surface area contributed by atoms with Crippen LogP contribution in [0.15, 0.2) is 22.7 Å². The second-order valence-electron chi connectivity index (χ2n) is 4.35. The molecular weight excluding hydrogens is 395 g/mol. The Labute approximate surface area is 124 Å². The van der Waals surface area contributed by atoms with Crippen molar-refractivity contribution in [3.05, 3.63) is 26.2 Å². The van der Waals surface area contributed by atoms with Gasteiger partial charge in [-0.1, -0.05) is 13.8 Å². The molecule has 1 aromatic carbocycles. The maximum absolute atomic E-state index is 11.8. The van der Waals surface area contributed by atoms with Crippen molar-refractivity contribution >= 4 is 50.1 Å². The summed E-state index contributed by atoms with van der Waals surface area (Å²) in [6.45, 7) is 4.10. The standard InChI is InChI=1S/C12H16BrIN2O/c1-7(2)5-11(15)12(17)16-8-3-4-10(14)9(13)6-8/h3-4,6-7,11H,5,15H2,1-2H3,(H,16,17)/t11-/m1/s1. The zero-order valence-electron chi connectivity index (χ0n) is 9.84. The molecule has 5 heteroatoms. The van der Waals surface area contributed by atoms with Gasteiger partial charge in [0.05, 0.1) is 6.04 Å². The van der Waals surface area contributed by atoms with E-state index in [0.29, 0.717) is 12.3 Å². The summed E-state index contributed by atoms with van der Waals surface area (Å²) < 4.78 is 2.07. The van der Waals surface area contributed by atoms with Crippen molar-refractivity contribution in [1.82, 2.24) is 0 Å². The molecule has 0 saturated heterocycles. The van der Waals surface area contributed by atoms with Gasteiger partial charge in [0.15, 0.2) is 0 Å². The van der Waals surface area contributed by atoms with Gasteiger partial charge in [-0.25, -0.2) is 0 Å². The summed E-state index contributed by atoms with van der Waals surface area (Å²) >= 11 is 5.64. The molecule has 1 amide bonds. The third-order valence-corrected chi connectivity index (χ3v) is 4.59. The number of nitrogens with one attached hydrogen (secondary N) is 1. The van der Waals surface area contributed by atoms with Gasteiger partial charge in [0.1, 0.15) is 0 Å². The average molecular weight is 411 g/mol. The van der Waals surface area contributed by atoms with Crippen LogP contribution in [0.25, 0.3) is 0 Å². The van der Waals surface area contributed by atoms with Crippen LogP contribution in [0.2, 0.25) is 0 Å². The smallest absolute Gasteiger partial charge is 0.241 e. The zero-order valence-corrected chi connectivity index (χ0v) is 13.6. The molecule has 0 heterocycles. The third kappa shape index (κ3) is 4.93. The third-order valence-electron chi connectivity index (χ3n) is 2.25. The van der Waals surface area contributed by atoms with Gasteiger partial charge in [0.2, 0.25) is 5.91 Å². The molecule has 0 bridgehead atoms. The van der Waals surface area contributed by atoms with E-state index in [2.05, 4.69) is 57.7 Å². The number of hydrogen-bond acceptors (Lipinski definition) is 2. The van der Waals surface area contributed by atoms with E-state index in [4.69, 9.17) is 5.73 Å². The summed E-state index contributed by atoms with van der Waals surface area (Å²) in [6.07, 6.45) is 0.692. The van der Waals surface area contributed by atoms with E-state index in [1.165, 1.54) is 0 Å². The van der Waals surface area contributed by atoms with Crippen LogP contribution in [-0.2, 0) is 4.79 Å². The van der Waals surface area contributed by atoms with Crippen molar-refractivity contribution in [2.45, 2.75) is 26.3 Å². The molecule has 3 N–H and O–H groups in total. The van der Waals surface area contributed by atoms with Gasteiger partial charge in [-0.3, -0.25) is 4.79 Å². The minimum absolute atomic E-state index is 0.133. The number of carbonyl (C=O) groups excluding carboxylic acids is 1. The lowest BCUT2D eigenvalue weighted by Crippen LogP contribution is -2.36. The lowest BCUT2D eigenvalue weighted by atomic mass is 10.0. The van der Waals surface area contributed by atoms with Crippen molar-refractivity contribution in [3.63, 3.8) is 0 Å². The lowest BCUT2D eigenvalue weighted by molar-refractivity contribution is -0.117. The zero-order chi connectivity index (χ0) is 13.0. The number of nitrogens with two attached hydrogens (primary N) is 1. The van der Waals surface area contributed by atoms with E-state index >= 15 is 0 Å². The lowest BCUT2D eigenvalue weighted by Gasteiger charge is -2.14. The monoisotopic (exact) mass is 410 g/mol. The fourth-order valence-corrected chi connectivity index (χ4v) is 2.14. The van der Waals surface area contributed by atoms with E-state index in [9.17, 15) is 4.79 Å². The Bertz CT molecular complexity index is 409. The van der Waals surface area contributed by atoms with E-state index in [0.717, 1.165) is 13.7 Å². The van der Waals surface area contributed by atoms with Gasteiger partial charge >= 0.3 is 0 Å². The maximum Gasteiger partial charge on any atom is 0.241 e. The first-order chi connectivity index (χ1) is 7.90. The van der Waals surface area contributed by atoms with Gasteiger partial charge < -0.3 is 11.1 Å². The quantitative estimate of drug-likeness (QED) is 0.747. The number of rotatable bonds is 4. The minimum atomic E-state index is -0.451.